The molecule has 1 aliphatic heterocycles. The van der Waals surface area contributed by atoms with Crippen molar-refractivity contribution in [3.05, 3.63) is 54.2 Å². The minimum Gasteiger partial charge on any atom is -0.496 e. The van der Waals surface area contributed by atoms with Gasteiger partial charge in [0.05, 0.1) is 7.11 Å². The van der Waals surface area contributed by atoms with E-state index in [1.54, 1.807) is 7.11 Å². The van der Waals surface area contributed by atoms with E-state index in [1.165, 1.54) is 0 Å². The molecule has 2 heterocycles. The van der Waals surface area contributed by atoms with Crippen LogP contribution >= 0.6 is 0 Å². The summed E-state index contributed by atoms with van der Waals surface area (Å²) < 4.78 is 5.41. The number of aliphatic imine (C=N–C) groups is 1. The molecule has 1 aromatic carbocycles. The van der Waals surface area contributed by atoms with E-state index >= 15 is 0 Å². The summed E-state index contributed by atoms with van der Waals surface area (Å²) in [6.45, 7) is 4.40. The number of rotatable bonds is 4. The Morgan fingerprint density at radius 1 is 1.12 bits per heavy atom. The number of nitrogens with zero attached hydrogens (tertiary/aromatic N) is 4. The molecular formula is C19H25N5O. The van der Waals surface area contributed by atoms with E-state index in [9.17, 15) is 0 Å². The van der Waals surface area contributed by atoms with Crippen LogP contribution in [0.2, 0.25) is 0 Å². The minimum atomic E-state index is 0.692. The Morgan fingerprint density at radius 3 is 2.56 bits per heavy atom. The second-order valence-corrected chi connectivity index (χ2v) is 5.87. The number of anilines is 1. The minimum absolute atomic E-state index is 0.692. The molecule has 2 aromatic rings. The van der Waals surface area contributed by atoms with E-state index in [4.69, 9.17) is 4.74 Å². The van der Waals surface area contributed by atoms with Crippen LogP contribution in [-0.4, -0.2) is 56.2 Å². The van der Waals surface area contributed by atoms with E-state index in [2.05, 4.69) is 37.2 Å². The summed E-state index contributed by atoms with van der Waals surface area (Å²) in [5, 5.41) is 3.45. The summed E-state index contributed by atoms with van der Waals surface area (Å²) in [6.07, 6.45) is 1.84. The van der Waals surface area contributed by atoms with Gasteiger partial charge in [0.2, 0.25) is 0 Å². The molecule has 25 heavy (non-hydrogen) atoms. The van der Waals surface area contributed by atoms with Gasteiger partial charge in [0.1, 0.15) is 11.6 Å². The van der Waals surface area contributed by atoms with Gasteiger partial charge in [-0.1, -0.05) is 24.3 Å². The maximum Gasteiger partial charge on any atom is 0.194 e. The van der Waals surface area contributed by atoms with Crippen molar-refractivity contribution >= 4 is 11.8 Å². The number of para-hydroxylation sites is 1. The van der Waals surface area contributed by atoms with Crippen molar-refractivity contribution in [3.8, 4) is 5.75 Å². The lowest BCUT2D eigenvalue weighted by molar-refractivity contribution is 0.370. The largest absolute Gasteiger partial charge is 0.496 e. The van der Waals surface area contributed by atoms with Crippen LogP contribution < -0.4 is 15.0 Å². The summed E-state index contributed by atoms with van der Waals surface area (Å²) in [7, 11) is 3.53. The average molecular weight is 339 g/mol. The second-order valence-electron chi connectivity index (χ2n) is 5.87. The first-order chi connectivity index (χ1) is 12.3. The number of pyridine rings is 1. The van der Waals surface area contributed by atoms with Crippen LogP contribution in [0.25, 0.3) is 0 Å². The standard InChI is InChI=1S/C19H25N5O/c1-20-19(22-15-16-7-3-4-8-17(16)25-2)24-13-11-23(12-14-24)18-9-5-6-10-21-18/h3-10H,11-15H2,1-2H3,(H,20,22). The van der Waals surface area contributed by atoms with Gasteiger partial charge >= 0.3 is 0 Å². The van der Waals surface area contributed by atoms with E-state index in [-0.39, 0.29) is 0 Å². The Balaban J connectivity index is 1.56. The highest BCUT2D eigenvalue weighted by Gasteiger charge is 2.20. The molecule has 132 valence electrons. The van der Waals surface area contributed by atoms with Crippen molar-refractivity contribution in [1.29, 1.82) is 0 Å². The van der Waals surface area contributed by atoms with Gasteiger partial charge in [-0.3, -0.25) is 4.99 Å². The number of aromatic nitrogens is 1. The SMILES string of the molecule is CN=C(NCc1ccccc1OC)N1CCN(c2ccccn2)CC1. The maximum atomic E-state index is 5.41. The molecule has 0 bridgehead atoms. The third-order valence-electron chi connectivity index (χ3n) is 4.39. The number of nitrogens with one attached hydrogen (secondary N) is 1. The average Bonchev–Trinajstić information content (AvgIpc) is 2.70. The maximum absolute atomic E-state index is 5.41. The molecular weight excluding hydrogens is 314 g/mol. The molecule has 3 rings (SSSR count). The first-order valence-electron chi connectivity index (χ1n) is 8.55. The summed E-state index contributed by atoms with van der Waals surface area (Å²) in [5.41, 5.74) is 1.12. The van der Waals surface area contributed by atoms with Gasteiger partial charge in [0.25, 0.3) is 0 Å². The molecule has 1 aromatic heterocycles. The Bertz CT molecular complexity index is 696. The van der Waals surface area contributed by atoms with Gasteiger partial charge in [0.15, 0.2) is 5.96 Å². The van der Waals surface area contributed by atoms with Crippen LogP contribution in [-0.2, 0) is 6.54 Å². The van der Waals surface area contributed by atoms with Gasteiger partial charge in [-0.2, -0.15) is 0 Å². The molecule has 1 saturated heterocycles. The molecule has 6 nitrogen and oxygen atoms in total. The predicted molar refractivity (Wildman–Crippen MR) is 101 cm³/mol. The lowest BCUT2D eigenvalue weighted by atomic mass is 10.2. The van der Waals surface area contributed by atoms with Crippen LogP contribution in [0.3, 0.4) is 0 Å². The van der Waals surface area contributed by atoms with Crippen molar-refractivity contribution in [2.24, 2.45) is 4.99 Å². The molecule has 0 atom stereocenters. The Kier molecular flexibility index (Phi) is 5.72. The highest BCUT2D eigenvalue weighted by atomic mass is 16.5. The zero-order chi connectivity index (χ0) is 17.5. The molecule has 0 amide bonds. The fourth-order valence-corrected chi connectivity index (χ4v) is 3.04. The molecule has 0 aliphatic carbocycles. The van der Waals surface area contributed by atoms with E-state index < -0.39 is 0 Å². The Hall–Kier alpha value is -2.76. The number of hydrogen-bond acceptors (Lipinski definition) is 4. The van der Waals surface area contributed by atoms with Gasteiger partial charge in [-0.25, -0.2) is 4.98 Å². The highest BCUT2D eigenvalue weighted by Crippen LogP contribution is 2.17. The van der Waals surface area contributed by atoms with Crippen LogP contribution in [0.4, 0.5) is 5.82 Å². The van der Waals surface area contributed by atoms with Gasteiger partial charge in [-0.05, 0) is 18.2 Å². The predicted octanol–water partition coefficient (Wildman–Crippen LogP) is 1.99. The molecule has 0 saturated carbocycles. The highest BCUT2D eigenvalue weighted by molar-refractivity contribution is 5.80. The van der Waals surface area contributed by atoms with Crippen molar-refractivity contribution in [2.45, 2.75) is 6.54 Å². The fraction of sp³-hybridized carbons (Fsp3) is 0.368. The summed E-state index contributed by atoms with van der Waals surface area (Å²) >= 11 is 0. The van der Waals surface area contributed by atoms with Gasteiger partial charge < -0.3 is 19.9 Å². The smallest absolute Gasteiger partial charge is 0.194 e. The van der Waals surface area contributed by atoms with Crippen LogP contribution in [0.15, 0.2) is 53.7 Å². The first-order valence-corrected chi connectivity index (χ1v) is 8.55. The normalized spacial score (nSPS) is 15.2. The van der Waals surface area contributed by atoms with Gasteiger partial charge in [-0.15, -0.1) is 0 Å². The number of ether oxygens (including phenoxy) is 1. The van der Waals surface area contributed by atoms with Crippen LogP contribution in [0.1, 0.15) is 5.56 Å². The number of hydrogen-bond donors (Lipinski definition) is 1. The van der Waals surface area contributed by atoms with Crippen molar-refractivity contribution in [1.82, 2.24) is 15.2 Å². The second kappa shape index (κ2) is 8.37. The molecule has 6 heteroatoms. The van der Waals surface area contributed by atoms with Crippen molar-refractivity contribution in [2.75, 3.05) is 45.2 Å². The lowest BCUT2D eigenvalue weighted by Crippen LogP contribution is -2.52. The zero-order valence-electron chi connectivity index (χ0n) is 14.9. The van der Waals surface area contributed by atoms with E-state index in [1.807, 2.05) is 43.6 Å². The molecule has 0 unspecified atom stereocenters. The topological polar surface area (TPSA) is 53.0 Å². The van der Waals surface area contributed by atoms with E-state index in [0.717, 1.165) is 49.3 Å². The van der Waals surface area contributed by atoms with Crippen LogP contribution in [0.5, 0.6) is 5.75 Å². The van der Waals surface area contributed by atoms with Gasteiger partial charge in [0, 0.05) is 51.5 Å². The van der Waals surface area contributed by atoms with Crippen LogP contribution in [0, 0.1) is 0 Å². The molecule has 0 spiro atoms. The van der Waals surface area contributed by atoms with E-state index in [0.29, 0.717) is 6.54 Å². The lowest BCUT2D eigenvalue weighted by Gasteiger charge is -2.37. The van der Waals surface area contributed by atoms with Crippen molar-refractivity contribution in [3.63, 3.8) is 0 Å². The molecule has 0 radical (unpaired) electrons. The first kappa shape index (κ1) is 17.1. The monoisotopic (exact) mass is 339 g/mol. The fourth-order valence-electron chi connectivity index (χ4n) is 3.04. The summed E-state index contributed by atoms with van der Waals surface area (Å²) in [6, 6.07) is 14.1. The van der Waals surface area contributed by atoms with Crippen molar-refractivity contribution < 1.29 is 4.74 Å². The Labute approximate surface area is 149 Å². The summed E-state index contributed by atoms with van der Waals surface area (Å²) in [5.74, 6) is 2.86. The molecule has 1 fully saturated rings. The zero-order valence-corrected chi connectivity index (χ0v) is 14.9. The molecule has 1 N–H and O–H groups in total. The number of guanidine groups is 1. The Morgan fingerprint density at radius 2 is 1.88 bits per heavy atom. The number of methoxy groups -OCH3 is 1. The number of piperazine rings is 1. The number of benzene rings is 1. The quantitative estimate of drug-likeness (QED) is 0.682. The third kappa shape index (κ3) is 4.21. The molecule has 1 aliphatic rings. The summed E-state index contributed by atoms with van der Waals surface area (Å²) in [4.78, 5) is 13.5. The third-order valence-corrected chi connectivity index (χ3v) is 4.39.